The zero-order valence-corrected chi connectivity index (χ0v) is 21.9. The van der Waals surface area contributed by atoms with Crippen LogP contribution >= 0.6 is 0 Å². The third-order valence-electron chi connectivity index (χ3n) is 5.99. The second kappa shape index (κ2) is 12.5. The lowest BCUT2D eigenvalue weighted by Crippen LogP contribution is -2.19. The van der Waals surface area contributed by atoms with E-state index in [0.717, 1.165) is 28.0 Å². The van der Waals surface area contributed by atoms with Crippen molar-refractivity contribution in [3.8, 4) is 34.1 Å². The fourth-order valence-corrected chi connectivity index (χ4v) is 3.92. The van der Waals surface area contributed by atoms with Crippen molar-refractivity contribution in [3.05, 3.63) is 108 Å². The fourth-order valence-electron chi connectivity index (χ4n) is 3.92. The number of nitrogens with zero attached hydrogens (tertiary/aromatic N) is 1. The van der Waals surface area contributed by atoms with Crippen molar-refractivity contribution < 1.29 is 23.7 Å². The molecule has 0 aliphatic heterocycles. The number of nitrogens with one attached hydrogen (secondary N) is 1. The van der Waals surface area contributed by atoms with Gasteiger partial charge in [-0.3, -0.25) is 4.79 Å². The van der Waals surface area contributed by atoms with Gasteiger partial charge in [-0.2, -0.15) is 5.10 Å². The topological polar surface area (TPSA) is 78.4 Å². The molecule has 38 heavy (non-hydrogen) atoms. The van der Waals surface area contributed by atoms with E-state index in [1.165, 1.54) is 0 Å². The molecule has 0 heterocycles. The van der Waals surface area contributed by atoms with Gasteiger partial charge in [-0.05, 0) is 48.4 Å². The molecule has 1 amide bonds. The summed E-state index contributed by atoms with van der Waals surface area (Å²) in [6.45, 7) is 2.17. The average Bonchev–Trinajstić information content (AvgIpc) is 2.98. The molecule has 4 aromatic rings. The minimum Gasteiger partial charge on any atom is -0.493 e. The minimum atomic E-state index is -0.321. The predicted molar refractivity (Wildman–Crippen MR) is 148 cm³/mol. The quantitative estimate of drug-likeness (QED) is 0.206. The smallest absolute Gasteiger partial charge is 0.271 e. The average molecular weight is 511 g/mol. The van der Waals surface area contributed by atoms with Gasteiger partial charge in [0, 0.05) is 16.7 Å². The summed E-state index contributed by atoms with van der Waals surface area (Å²) in [5.74, 6) is 1.98. The Balaban J connectivity index is 1.40. The van der Waals surface area contributed by atoms with Gasteiger partial charge in [-0.25, -0.2) is 5.43 Å². The number of para-hydroxylation sites is 1. The number of hydrogen-bond donors (Lipinski definition) is 1. The van der Waals surface area contributed by atoms with Crippen molar-refractivity contribution in [1.82, 2.24) is 5.43 Å². The normalized spacial score (nSPS) is 11.0. The number of hydrazone groups is 1. The van der Waals surface area contributed by atoms with Crippen LogP contribution in [0, 0.1) is 0 Å². The van der Waals surface area contributed by atoms with Crippen molar-refractivity contribution >= 4 is 11.6 Å². The van der Waals surface area contributed by atoms with Crippen LogP contribution in [0.25, 0.3) is 11.1 Å². The van der Waals surface area contributed by atoms with E-state index in [0.29, 0.717) is 35.1 Å². The van der Waals surface area contributed by atoms with Crippen LogP contribution in [0.4, 0.5) is 0 Å². The van der Waals surface area contributed by atoms with Gasteiger partial charge in [0.25, 0.3) is 5.91 Å². The molecule has 0 atom stereocenters. The van der Waals surface area contributed by atoms with Crippen LogP contribution in [-0.2, 0) is 6.61 Å². The first-order chi connectivity index (χ1) is 18.5. The molecular weight excluding hydrogens is 480 g/mol. The van der Waals surface area contributed by atoms with Crippen molar-refractivity contribution in [1.29, 1.82) is 0 Å². The van der Waals surface area contributed by atoms with Crippen LogP contribution in [0.3, 0.4) is 0 Å². The van der Waals surface area contributed by atoms with Gasteiger partial charge >= 0.3 is 0 Å². The Morgan fingerprint density at radius 1 is 0.737 bits per heavy atom. The Bertz CT molecular complexity index is 1390. The van der Waals surface area contributed by atoms with Gasteiger partial charge < -0.3 is 18.9 Å². The standard InChI is InChI=1S/C31H30N2O5/c1-21(25-18-28(35-2)30(37-4)29(19-25)36-3)32-33-31(34)24-16-14-22(15-17-24)20-38-27-13-9-8-12-26(27)23-10-6-5-7-11-23/h5-19H,20H2,1-4H3,(H,33,34). The number of ether oxygens (including phenoxy) is 4. The van der Waals surface area contributed by atoms with Crippen molar-refractivity contribution in [3.63, 3.8) is 0 Å². The molecular formula is C31H30N2O5. The summed E-state index contributed by atoms with van der Waals surface area (Å²) < 4.78 is 22.3. The molecule has 0 saturated carbocycles. The number of benzene rings is 4. The fraction of sp³-hybridized carbons (Fsp3) is 0.161. The molecule has 0 aliphatic carbocycles. The zero-order valence-electron chi connectivity index (χ0n) is 21.9. The number of rotatable bonds is 10. The van der Waals surface area contributed by atoms with E-state index in [4.69, 9.17) is 18.9 Å². The number of amides is 1. The summed E-state index contributed by atoms with van der Waals surface area (Å²) in [4.78, 5) is 12.7. The Morgan fingerprint density at radius 3 is 2.00 bits per heavy atom. The lowest BCUT2D eigenvalue weighted by atomic mass is 10.0. The highest BCUT2D eigenvalue weighted by Gasteiger charge is 2.15. The second-order valence-corrected chi connectivity index (χ2v) is 8.40. The molecule has 0 fully saturated rings. The van der Waals surface area contributed by atoms with Gasteiger partial charge in [-0.1, -0.05) is 60.7 Å². The SMILES string of the molecule is COc1cc(C(C)=NNC(=O)c2ccc(COc3ccccc3-c3ccccc3)cc2)cc(OC)c1OC. The van der Waals surface area contributed by atoms with Gasteiger partial charge in [0.15, 0.2) is 11.5 Å². The lowest BCUT2D eigenvalue weighted by Gasteiger charge is -2.14. The highest BCUT2D eigenvalue weighted by Crippen LogP contribution is 2.38. The van der Waals surface area contributed by atoms with Gasteiger partial charge in [-0.15, -0.1) is 0 Å². The number of carbonyl (C=O) groups is 1. The molecule has 194 valence electrons. The number of carbonyl (C=O) groups excluding carboxylic acids is 1. The molecule has 7 heteroatoms. The van der Waals surface area contributed by atoms with Gasteiger partial charge in [0.2, 0.25) is 5.75 Å². The van der Waals surface area contributed by atoms with Gasteiger partial charge in [0.1, 0.15) is 12.4 Å². The number of hydrogen-bond acceptors (Lipinski definition) is 6. The van der Waals surface area contributed by atoms with E-state index in [2.05, 4.69) is 22.7 Å². The number of methoxy groups -OCH3 is 3. The molecule has 1 N–H and O–H groups in total. The molecule has 0 unspecified atom stereocenters. The zero-order chi connectivity index (χ0) is 26.9. The summed E-state index contributed by atoms with van der Waals surface area (Å²) in [7, 11) is 4.64. The third-order valence-corrected chi connectivity index (χ3v) is 5.99. The lowest BCUT2D eigenvalue weighted by molar-refractivity contribution is 0.0954. The summed E-state index contributed by atoms with van der Waals surface area (Å²) in [6, 6.07) is 28.9. The molecule has 0 aromatic heterocycles. The monoisotopic (exact) mass is 510 g/mol. The Hall–Kier alpha value is -4.78. The second-order valence-electron chi connectivity index (χ2n) is 8.40. The molecule has 0 bridgehead atoms. The van der Waals surface area contributed by atoms with Crippen LogP contribution in [-0.4, -0.2) is 32.9 Å². The maximum absolute atomic E-state index is 12.7. The molecule has 4 aromatic carbocycles. The Labute approximate surface area is 222 Å². The van der Waals surface area contributed by atoms with Crippen molar-refractivity contribution in [2.75, 3.05) is 21.3 Å². The Kier molecular flexibility index (Phi) is 8.61. The van der Waals surface area contributed by atoms with Gasteiger partial charge in [0.05, 0.1) is 27.0 Å². The minimum absolute atomic E-state index is 0.321. The van der Waals surface area contributed by atoms with E-state index in [-0.39, 0.29) is 5.91 Å². The summed E-state index contributed by atoms with van der Waals surface area (Å²) >= 11 is 0. The maximum atomic E-state index is 12.7. The predicted octanol–water partition coefficient (Wildman–Crippen LogP) is 6.11. The largest absolute Gasteiger partial charge is 0.493 e. The van der Waals surface area contributed by atoms with Crippen molar-refractivity contribution in [2.45, 2.75) is 13.5 Å². The first kappa shape index (κ1) is 26.3. The highest BCUT2D eigenvalue weighted by atomic mass is 16.5. The maximum Gasteiger partial charge on any atom is 0.271 e. The highest BCUT2D eigenvalue weighted by molar-refractivity contribution is 6.01. The van der Waals surface area contributed by atoms with E-state index in [9.17, 15) is 4.79 Å². The van der Waals surface area contributed by atoms with Crippen LogP contribution in [0.5, 0.6) is 23.0 Å². The summed E-state index contributed by atoms with van der Waals surface area (Å²) in [5, 5.41) is 4.25. The molecule has 0 spiro atoms. The van der Waals surface area contributed by atoms with E-state index < -0.39 is 0 Å². The van der Waals surface area contributed by atoms with Crippen LogP contribution < -0.4 is 24.4 Å². The molecule has 0 saturated heterocycles. The molecule has 0 aliphatic rings. The van der Waals surface area contributed by atoms with Crippen LogP contribution in [0.2, 0.25) is 0 Å². The summed E-state index contributed by atoms with van der Waals surface area (Å²) in [5.41, 5.74) is 7.48. The van der Waals surface area contributed by atoms with Crippen LogP contribution in [0.1, 0.15) is 28.4 Å². The Morgan fingerprint density at radius 2 is 1.37 bits per heavy atom. The third kappa shape index (κ3) is 6.13. The van der Waals surface area contributed by atoms with E-state index >= 15 is 0 Å². The van der Waals surface area contributed by atoms with E-state index in [1.807, 2.05) is 54.6 Å². The molecule has 0 radical (unpaired) electrons. The summed E-state index contributed by atoms with van der Waals surface area (Å²) in [6.07, 6.45) is 0. The molecule has 4 rings (SSSR count). The molecule has 7 nitrogen and oxygen atoms in total. The van der Waals surface area contributed by atoms with Crippen LogP contribution in [0.15, 0.2) is 96.1 Å². The first-order valence-corrected chi connectivity index (χ1v) is 12.0. The first-order valence-electron chi connectivity index (χ1n) is 12.0. The van der Waals surface area contributed by atoms with Crippen molar-refractivity contribution in [2.24, 2.45) is 5.10 Å². The van der Waals surface area contributed by atoms with E-state index in [1.54, 1.807) is 52.5 Å².